The molecule has 13 heavy (non-hydrogen) atoms. The van der Waals surface area contributed by atoms with E-state index in [4.69, 9.17) is 0 Å². The summed E-state index contributed by atoms with van der Waals surface area (Å²) in [7, 11) is 0. The molecule has 0 radical (unpaired) electrons. The minimum Gasteiger partial charge on any atom is -0.306 e. The average molecular weight is 206 g/mol. The molecule has 2 atom stereocenters. The van der Waals surface area contributed by atoms with Crippen molar-refractivity contribution in [3.05, 3.63) is 24.3 Å². The number of ether oxygens (including phenoxy) is 1. The van der Waals surface area contributed by atoms with E-state index in [0.29, 0.717) is 0 Å². The van der Waals surface area contributed by atoms with Gasteiger partial charge in [-0.1, -0.05) is 0 Å². The lowest BCUT2D eigenvalue weighted by Gasteiger charge is -2.05. The van der Waals surface area contributed by atoms with Gasteiger partial charge in [0, 0.05) is 12.2 Å². The van der Waals surface area contributed by atoms with E-state index < -0.39 is 24.9 Å². The third-order valence-electron chi connectivity index (χ3n) is 0.774. The molecule has 0 N–H and O–H groups in total. The predicted octanol–water partition coefficient (Wildman–Crippen LogP) is 3.16. The highest BCUT2D eigenvalue weighted by Gasteiger charge is 2.13. The number of halogens is 6. The molecule has 0 aromatic carbocycles. The molecule has 0 rings (SSSR count). The highest BCUT2D eigenvalue weighted by atomic mass is 19.3. The minimum atomic E-state index is -2.75. The van der Waals surface area contributed by atoms with E-state index in [2.05, 4.69) is 4.74 Å². The van der Waals surface area contributed by atoms with Gasteiger partial charge in [0.2, 0.25) is 12.7 Å². The SMILES string of the molecule is FC(F)=CC(F)OC(F)C=C(F)F. The van der Waals surface area contributed by atoms with Crippen molar-refractivity contribution in [3.63, 3.8) is 0 Å². The number of hydrogen-bond donors (Lipinski definition) is 0. The third kappa shape index (κ3) is 7.38. The Balaban J connectivity index is 3.99. The summed E-state index contributed by atoms with van der Waals surface area (Å²) in [4.78, 5) is 0. The molecule has 76 valence electrons. The van der Waals surface area contributed by atoms with Gasteiger partial charge in [-0.15, -0.1) is 0 Å². The largest absolute Gasteiger partial charge is 0.306 e. The maximum atomic E-state index is 12.1. The first-order chi connectivity index (χ1) is 5.91. The molecule has 1 nitrogen and oxygen atoms in total. The maximum absolute atomic E-state index is 12.1. The van der Waals surface area contributed by atoms with Crippen LogP contribution in [0.5, 0.6) is 0 Å². The Morgan fingerprint density at radius 2 is 1.15 bits per heavy atom. The highest BCUT2D eigenvalue weighted by molar-refractivity contribution is 4.87. The lowest BCUT2D eigenvalue weighted by molar-refractivity contribution is -0.0931. The second-order valence-corrected chi connectivity index (χ2v) is 1.75. The topological polar surface area (TPSA) is 9.23 Å². The van der Waals surface area contributed by atoms with Crippen molar-refractivity contribution in [2.24, 2.45) is 0 Å². The second-order valence-electron chi connectivity index (χ2n) is 1.75. The number of hydrogen-bond acceptors (Lipinski definition) is 1. The summed E-state index contributed by atoms with van der Waals surface area (Å²) in [6, 6.07) is 0. The molecule has 0 spiro atoms. The summed E-state index contributed by atoms with van der Waals surface area (Å²) in [5, 5.41) is 0. The molecular weight excluding hydrogens is 202 g/mol. The molecule has 0 saturated heterocycles. The average Bonchev–Trinajstić information content (AvgIpc) is 1.80. The maximum Gasteiger partial charge on any atom is 0.271 e. The predicted molar refractivity (Wildman–Crippen MR) is 31.5 cm³/mol. The third-order valence-corrected chi connectivity index (χ3v) is 0.774. The molecule has 0 heterocycles. The summed E-state index contributed by atoms with van der Waals surface area (Å²) >= 11 is 0. The van der Waals surface area contributed by atoms with Gasteiger partial charge in [0.15, 0.2) is 0 Å². The Morgan fingerprint density at radius 1 is 0.846 bits per heavy atom. The van der Waals surface area contributed by atoms with E-state index in [-0.39, 0.29) is 12.2 Å². The molecule has 0 aromatic heterocycles. The second kappa shape index (κ2) is 5.63. The zero-order chi connectivity index (χ0) is 10.4. The highest BCUT2D eigenvalue weighted by Crippen LogP contribution is 2.11. The number of alkyl halides is 2. The Bertz CT molecular complexity index is 183. The van der Waals surface area contributed by atoms with Crippen LogP contribution in [0, 0.1) is 0 Å². The molecule has 0 aromatic rings. The molecule has 0 saturated carbocycles. The van der Waals surface area contributed by atoms with Gasteiger partial charge in [-0.05, 0) is 0 Å². The first-order valence-electron chi connectivity index (χ1n) is 2.91. The van der Waals surface area contributed by atoms with Crippen LogP contribution in [-0.4, -0.2) is 12.7 Å². The summed E-state index contributed by atoms with van der Waals surface area (Å²) in [6.45, 7) is 0. The lowest BCUT2D eigenvalue weighted by atomic mass is 10.6. The normalized spacial score (nSPS) is 14.6. The first-order valence-corrected chi connectivity index (χ1v) is 2.91. The fourth-order valence-electron chi connectivity index (χ4n) is 0.401. The summed E-state index contributed by atoms with van der Waals surface area (Å²) in [5.74, 6) is 0. The molecule has 0 amide bonds. The zero-order valence-electron chi connectivity index (χ0n) is 5.99. The molecule has 0 aliphatic heterocycles. The van der Waals surface area contributed by atoms with Gasteiger partial charge in [-0.25, -0.2) is 8.78 Å². The minimum absolute atomic E-state index is 0.351. The Kier molecular flexibility index (Phi) is 5.20. The molecule has 0 aliphatic rings. The van der Waals surface area contributed by atoms with Crippen LogP contribution in [0.1, 0.15) is 0 Å². The Morgan fingerprint density at radius 3 is 1.38 bits per heavy atom. The van der Waals surface area contributed by atoms with Crippen molar-refractivity contribution in [2.45, 2.75) is 12.7 Å². The smallest absolute Gasteiger partial charge is 0.271 e. The van der Waals surface area contributed by atoms with Gasteiger partial charge < -0.3 is 4.74 Å². The van der Waals surface area contributed by atoms with Crippen LogP contribution in [0.25, 0.3) is 0 Å². The molecule has 0 fully saturated rings. The van der Waals surface area contributed by atoms with E-state index in [1.165, 1.54) is 0 Å². The summed E-state index contributed by atoms with van der Waals surface area (Å²) in [6.07, 6.45) is -11.1. The van der Waals surface area contributed by atoms with Crippen molar-refractivity contribution in [2.75, 3.05) is 0 Å². The zero-order valence-corrected chi connectivity index (χ0v) is 5.99. The standard InChI is InChI=1S/C6H4F6O/c7-3(8)1-5(11)13-6(12)2-4(9)10/h1-2,5-6H. The fourth-order valence-corrected chi connectivity index (χ4v) is 0.401. The van der Waals surface area contributed by atoms with E-state index in [0.717, 1.165) is 0 Å². The van der Waals surface area contributed by atoms with Gasteiger partial charge in [0.05, 0.1) is 0 Å². The van der Waals surface area contributed by atoms with Crippen LogP contribution in [0.3, 0.4) is 0 Å². The first kappa shape index (κ1) is 12.0. The van der Waals surface area contributed by atoms with E-state index in [9.17, 15) is 26.3 Å². The van der Waals surface area contributed by atoms with Gasteiger partial charge in [-0.2, -0.15) is 17.6 Å². The monoisotopic (exact) mass is 206 g/mol. The van der Waals surface area contributed by atoms with Crippen LogP contribution in [-0.2, 0) is 4.74 Å². The quantitative estimate of drug-likeness (QED) is 0.642. The van der Waals surface area contributed by atoms with Crippen molar-refractivity contribution in [1.82, 2.24) is 0 Å². The van der Waals surface area contributed by atoms with Crippen LogP contribution in [0.15, 0.2) is 24.3 Å². The summed E-state index contributed by atoms with van der Waals surface area (Å²) in [5.41, 5.74) is 0. The van der Waals surface area contributed by atoms with Crippen LogP contribution in [0.4, 0.5) is 26.3 Å². The lowest BCUT2D eigenvalue weighted by Crippen LogP contribution is -2.10. The van der Waals surface area contributed by atoms with Gasteiger partial charge in [0.1, 0.15) is 0 Å². The van der Waals surface area contributed by atoms with E-state index in [1.807, 2.05) is 0 Å². The molecule has 0 aliphatic carbocycles. The summed E-state index contributed by atoms with van der Waals surface area (Å²) < 4.78 is 72.6. The van der Waals surface area contributed by atoms with E-state index >= 15 is 0 Å². The van der Waals surface area contributed by atoms with E-state index in [1.54, 1.807) is 0 Å². The molecule has 2 unspecified atom stereocenters. The number of rotatable bonds is 4. The molecular formula is C6H4F6O. The van der Waals surface area contributed by atoms with Crippen LogP contribution in [0.2, 0.25) is 0 Å². The van der Waals surface area contributed by atoms with Crippen LogP contribution >= 0.6 is 0 Å². The van der Waals surface area contributed by atoms with Gasteiger partial charge in [0.25, 0.3) is 12.2 Å². The van der Waals surface area contributed by atoms with Crippen molar-refractivity contribution >= 4 is 0 Å². The fraction of sp³-hybridized carbons (Fsp3) is 0.333. The van der Waals surface area contributed by atoms with Crippen molar-refractivity contribution < 1.29 is 31.1 Å². The van der Waals surface area contributed by atoms with Gasteiger partial charge >= 0.3 is 0 Å². The van der Waals surface area contributed by atoms with Gasteiger partial charge in [-0.3, -0.25) is 0 Å². The molecule has 0 bridgehead atoms. The molecule has 7 heteroatoms. The van der Waals surface area contributed by atoms with Crippen LogP contribution < -0.4 is 0 Å². The Hall–Kier alpha value is -0.980. The van der Waals surface area contributed by atoms with Crippen molar-refractivity contribution in [3.8, 4) is 0 Å². The Labute approximate surface area is 69.3 Å². The van der Waals surface area contributed by atoms with Crippen molar-refractivity contribution in [1.29, 1.82) is 0 Å².